The summed E-state index contributed by atoms with van der Waals surface area (Å²) in [6, 6.07) is 5.43. The molecule has 0 spiro atoms. The highest BCUT2D eigenvalue weighted by Crippen LogP contribution is 2.20. The van der Waals surface area contributed by atoms with Crippen molar-refractivity contribution in [2.45, 2.75) is 32.5 Å². The maximum atomic E-state index is 13.5. The minimum atomic E-state index is -0.924. The highest BCUT2D eigenvalue weighted by atomic mass is 19.2. The van der Waals surface area contributed by atoms with Crippen LogP contribution in [-0.2, 0) is 22.7 Å². The van der Waals surface area contributed by atoms with Gasteiger partial charge in [0.15, 0.2) is 23.2 Å². The number of halogens is 2. The van der Waals surface area contributed by atoms with Crippen molar-refractivity contribution in [2.24, 2.45) is 5.92 Å². The van der Waals surface area contributed by atoms with Gasteiger partial charge in [-0.15, -0.1) is 0 Å². The van der Waals surface area contributed by atoms with Crippen LogP contribution in [0.25, 0.3) is 0 Å². The Hall–Kier alpha value is -2.12. The average Bonchev–Trinajstić information content (AvgIpc) is 3.28. The molecule has 0 saturated carbocycles. The van der Waals surface area contributed by atoms with Crippen LogP contribution < -0.4 is 0 Å². The van der Waals surface area contributed by atoms with E-state index < -0.39 is 11.6 Å². The maximum Gasteiger partial charge on any atom is 0.184 e. The standard InChI is InChI=1S/C18H19F2NO4/c19-15-3-1-2-13(18(15)20)10-24-11-14-8-16(21-25-14)17(22)5-4-12-6-7-23-9-12/h1-3,8,12H,4-7,9-11H2. The first kappa shape index (κ1) is 17.7. The van der Waals surface area contributed by atoms with E-state index >= 15 is 0 Å². The molecule has 1 atom stereocenters. The zero-order chi connectivity index (χ0) is 17.6. The van der Waals surface area contributed by atoms with Crippen LogP contribution in [0.1, 0.15) is 41.1 Å². The fraction of sp³-hybridized carbons (Fsp3) is 0.444. The van der Waals surface area contributed by atoms with Crippen molar-refractivity contribution in [2.75, 3.05) is 13.2 Å². The molecule has 1 aliphatic rings. The number of ketones is 1. The van der Waals surface area contributed by atoms with Crippen LogP contribution in [0.3, 0.4) is 0 Å². The number of rotatable bonds is 8. The van der Waals surface area contributed by atoms with E-state index in [0.29, 0.717) is 24.7 Å². The molecule has 2 aromatic rings. The Morgan fingerprint density at radius 2 is 2.20 bits per heavy atom. The quantitative estimate of drug-likeness (QED) is 0.679. The number of ether oxygens (including phenoxy) is 2. The molecule has 7 heteroatoms. The molecule has 1 unspecified atom stereocenters. The molecule has 0 amide bonds. The minimum absolute atomic E-state index is 0.0205. The normalized spacial score (nSPS) is 17.1. The van der Waals surface area contributed by atoms with E-state index in [4.69, 9.17) is 14.0 Å². The lowest BCUT2D eigenvalue weighted by molar-refractivity contribution is 0.0856. The predicted octanol–water partition coefficient (Wildman–Crippen LogP) is 3.67. The van der Waals surface area contributed by atoms with Crippen LogP contribution in [0.4, 0.5) is 8.78 Å². The molecule has 1 aromatic heterocycles. The van der Waals surface area contributed by atoms with Crippen LogP contribution in [0, 0.1) is 17.6 Å². The second-order valence-corrected chi connectivity index (χ2v) is 6.08. The number of hydrogen-bond donors (Lipinski definition) is 0. The molecule has 0 aliphatic carbocycles. The third-order valence-electron chi connectivity index (χ3n) is 4.18. The minimum Gasteiger partial charge on any atom is -0.381 e. The van der Waals surface area contributed by atoms with Gasteiger partial charge in [-0.3, -0.25) is 4.79 Å². The number of carbonyl (C=O) groups excluding carboxylic acids is 1. The number of aromatic nitrogens is 1. The van der Waals surface area contributed by atoms with Gasteiger partial charge < -0.3 is 14.0 Å². The third-order valence-corrected chi connectivity index (χ3v) is 4.18. The highest BCUT2D eigenvalue weighted by molar-refractivity contribution is 5.94. The highest BCUT2D eigenvalue weighted by Gasteiger charge is 2.19. The Labute approximate surface area is 143 Å². The molecule has 25 heavy (non-hydrogen) atoms. The summed E-state index contributed by atoms with van der Waals surface area (Å²) < 4.78 is 42.3. The topological polar surface area (TPSA) is 61.6 Å². The summed E-state index contributed by atoms with van der Waals surface area (Å²) in [4.78, 5) is 12.1. The SMILES string of the molecule is O=C(CCC1CCOC1)c1cc(COCc2cccc(F)c2F)on1. The van der Waals surface area contributed by atoms with E-state index in [1.807, 2.05) is 0 Å². The first-order chi connectivity index (χ1) is 12.1. The van der Waals surface area contributed by atoms with Crippen LogP contribution >= 0.6 is 0 Å². The molecular formula is C18H19F2NO4. The largest absolute Gasteiger partial charge is 0.381 e. The lowest BCUT2D eigenvalue weighted by atomic mass is 10.00. The van der Waals surface area contributed by atoms with E-state index in [1.165, 1.54) is 18.2 Å². The summed E-state index contributed by atoms with van der Waals surface area (Å²) >= 11 is 0. The Morgan fingerprint density at radius 3 is 3.00 bits per heavy atom. The van der Waals surface area contributed by atoms with E-state index in [9.17, 15) is 13.6 Å². The molecule has 134 valence electrons. The fourth-order valence-electron chi connectivity index (χ4n) is 2.71. The number of Topliss-reactive ketones (excluding diaryl/α,β-unsaturated/α-hetero) is 1. The van der Waals surface area contributed by atoms with Gasteiger partial charge in [-0.25, -0.2) is 8.78 Å². The van der Waals surface area contributed by atoms with Crippen molar-refractivity contribution < 1.29 is 27.6 Å². The lowest BCUT2D eigenvalue weighted by Crippen LogP contribution is -2.05. The van der Waals surface area contributed by atoms with Crippen molar-refractivity contribution in [1.29, 1.82) is 0 Å². The van der Waals surface area contributed by atoms with Gasteiger partial charge in [-0.05, 0) is 24.8 Å². The Kier molecular flexibility index (Phi) is 5.88. The summed E-state index contributed by atoms with van der Waals surface area (Å²) in [5.41, 5.74) is 0.379. The van der Waals surface area contributed by atoms with E-state index in [-0.39, 0.29) is 30.3 Å². The predicted molar refractivity (Wildman–Crippen MR) is 83.8 cm³/mol. The summed E-state index contributed by atoms with van der Waals surface area (Å²) in [5.74, 6) is -1.13. The van der Waals surface area contributed by atoms with Crippen molar-refractivity contribution in [1.82, 2.24) is 5.16 Å². The molecule has 0 N–H and O–H groups in total. The van der Waals surface area contributed by atoms with Gasteiger partial charge in [0, 0.05) is 31.3 Å². The van der Waals surface area contributed by atoms with Gasteiger partial charge in [-0.1, -0.05) is 17.3 Å². The second-order valence-electron chi connectivity index (χ2n) is 6.08. The summed E-state index contributed by atoms with van der Waals surface area (Å²) in [6.07, 6.45) is 2.16. The molecule has 1 aromatic carbocycles. The van der Waals surface area contributed by atoms with Crippen molar-refractivity contribution in [3.8, 4) is 0 Å². The smallest absolute Gasteiger partial charge is 0.184 e. The van der Waals surface area contributed by atoms with Crippen LogP contribution in [0.15, 0.2) is 28.8 Å². The van der Waals surface area contributed by atoms with Crippen LogP contribution in [0.2, 0.25) is 0 Å². The average molecular weight is 351 g/mol. The number of carbonyl (C=O) groups is 1. The summed E-state index contributed by atoms with van der Waals surface area (Å²) in [7, 11) is 0. The molecule has 1 aliphatic heterocycles. The van der Waals surface area contributed by atoms with Crippen LogP contribution in [0.5, 0.6) is 0 Å². The van der Waals surface area contributed by atoms with Gasteiger partial charge >= 0.3 is 0 Å². The van der Waals surface area contributed by atoms with Gasteiger partial charge in [0.1, 0.15) is 12.3 Å². The van der Waals surface area contributed by atoms with E-state index in [0.717, 1.165) is 25.5 Å². The van der Waals surface area contributed by atoms with Gasteiger partial charge in [0.25, 0.3) is 0 Å². The van der Waals surface area contributed by atoms with Crippen molar-refractivity contribution in [3.63, 3.8) is 0 Å². The lowest BCUT2D eigenvalue weighted by Gasteiger charge is -2.04. The molecule has 0 radical (unpaired) electrons. The van der Waals surface area contributed by atoms with E-state index in [2.05, 4.69) is 5.16 Å². The Morgan fingerprint density at radius 1 is 1.32 bits per heavy atom. The third kappa shape index (κ3) is 4.70. The Bertz CT molecular complexity index is 726. The van der Waals surface area contributed by atoms with Crippen molar-refractivity contribution >= 4 is 5.78 Å². The van der Waals surface area contributed by atoms with Gasteiger partial charge in [0.2, 0.25) is 0 Å². The monoisotopic (exact) mass is 351 g/mol. The summed E-state index contributed by atoms with van der Waals surface area (Å²) in [6.45, 7) is 1.39. The molecule has 5 nitrogen and oxygen atoms in total. The maximum absolute atomic E-state index is 13.5. The van der Waals surface area contributed by atoms with Crippen molar-refractivity contribution in [3.05, 3.63) is 52.9 Å². The number of benzene rings is 1. The second kappa shape index (κ2) is 8.31. The first-order valence-corrected chi connectivity index (χ1v) is 8.20. The molecule has 3 rings (SSSR count). The molecule has 1 fully saturated rings. The fourth-order valence-corrected chi connectivity index (χ4v) is 2.71. The molecule has 1 saturated heterocycles. The van der Waals surface area contributed by atoms with Gasteiger partial charge in [-0.2, -0.15) is 0 Å². The number of hydrogen-bond acceptors (Lipinski definition) is 5. The molecule has 2 heterocycles. The summed E-state index contributed by atoms with van der Waals surface area (Å²) in [5, 5.41) is 3.75. The van der Waals surface area contributed by atoms with E-state index in [1.54, 1.807) is 0 Å². The van der Waals surface area contributed by atoms with Gasteiger partial charge in [0.05, 0.1) is 6.61 Å². The molecule has 0 bridgehead atoms. The zero-order valence-corrected chi connectivity index (χ0v) is 13.7. The zero-order valence-electron chi connectivity index (χ0n) is 13.7. The molecular weight excluding hydrogens is 332 g/mol. The Balaban J connectivity index is 1.46. The number of nitrogens with zero attached hydrogens (tertiary/aromatic N) is 1. The first-order valence-electron chi connectivity index (χ1n) is 8.20. The van der Waals surface area contributed by atoms with Crippen LogP contribution in [-0.4, -0.2) is 24.2 Å².